The molecule has 0 atom stereocenters. The molecule has 0 unspecified atom stereocenters. The van der Waals surface area contributed by atoms with Crippen LogP contribution in [-0.2, 0) is 7.05 Å². The number of aromatic nitrogens is 4. The largest absolute Gasteiger partial charge is 0.368 e. The fourth-order valence-electron chi connectivity index (χ4n) is 2.20. The molecule has 6 nitrogen and oxygen atoms in total. The lowest BCUT2D eigenvalue weighted by Gasteiger charge is -2.14. The Morgan fingerprint density at radius 1 is 1.17 bits per heavy atom. The summed E-state index contributed by atoms with van der Waals surface area (Å²) >= 11 is 2.16. The van der Waals surface area contributed by atoms with Crippen molar-refractivity contribution in [2.45, 2.75) is 6.92 Å². The van der Waals surface area contributed by atoms with Crippen LogP contribution in [0.4, 0.5) is 20.2 Å². The van der Waals surface area contributed by atoms with Gasteiger partial charge in [0.25, 0.3) is 0 Å². The highest BCUT2D eigenvalue weighted by atomic mass is 127. The smallest absolute Gasteiger partial charge is 0.351 e. The Balaban J connectivity index is 2.17. The number of hydrogen-bond acceptors (Lipinski definition) is 4. The van der Waals surface area contributed by atoms with Crippen molar-refractivity contribution in [2.24, 2.45) is 7.05 Å². The van der Waals surface area contributed by atoms with Crippen LogP contribution in [0, 0.1) is 22.1 Å². The number of anilines is 2. The summed E-state index contributed by atoms with van der Waals surface area (Å²) in [6.45, 7) is 1.84. The molecule has 1 aromatic heterocycles. The molecule has 9 heteroatoms. The number of halogens is 3. The Hall–Kier alpha value is -2.30. The average Bonchev–Trinajstić information content (AvgIpc) is 2.86. The van der Waals surface area contributed by atoms with E-state index in [0.717, 1.165) is 24.6 Å². The fraction of sp³-hybridized carbons (Fsp3) is 0.133. The van der Waals surface area contributed by atoms with Gasteiger partial charge in [-0.2, -0.15) is 9.36 Å². The summed E-state index contributed by atoms with van der Waals surface area (Å²) < 4.78 is 31.0. The molecular formula is C15H12F2IN5O. The summed E-state index contributed by atoms with van der Waals surface area (Å²) in [4.78, 5) is 12.0. The van der Waals surface area contributed by atoms with Crippen molar-refractivity contribution in [3.8, 4) is 5.69 Å². The van der Waals surface area contributed by atoms with Crippen molar-refractivity contribution < 1.29 is 8.78 Å². The highest BCUT2D eigenvalue weighted by molar-refractivity contribution is 14.1. The lowest BCUT2D eigenvalue weighted by atomic mass is 10.1. The molecule has 0 aliphatic carbocycles. The summed E-state index contributed by atoms with van der Waals surface area (Å²) in [6, 6.07) is 7.71. The highest BCUT2D eigenvalue weighted by Crippen LogP contribution is 2.30. The summed E-state index contributed by atoms with van der Waals surface area (Å²) in [5.41, 5.74) is 0.774. The standard InChI is InChI=1S/C15H12F2IN5O/c1-8-7-9(18)3-5-11(8)19-14-12(6-4-10(16)13(14)17)23-15(24)22(2)20-21-23/h3-7,19H,1-2H3. The van der Waals surface area contributed by atoms with E-state index in [2.05, 4.69) is 38.3 Å². The van der Waals surface area contributed by atoms with E-state index >= 15 is 0 Å². The summed E-state index contributed by atoms with van der Waals surface area (Å²) in [6.07, 6.45) is 0. The zero-order valence-electron chi connectivity index (χ0n) is 12.7. The molecule has 124 valence electrons. The number of rotatable bonds is 3. The quantitative estimate of drug-likeness (QED) is 0.633. The van der Waals surface area contributed by atoms with Crippen LogP contribution >= 0.6 is 22.6 Å². The van der Waals surface area contributed by atoms with Gasteiger partial charge < -0.3 is 5.32 Å². The van der Waals surface area contributed by atoms with Gasteiger partial charge in [-0.25, -0.2) is 13.6 Å². The van der Waals surface area contributed by atoms with E-state index in [1.807, 2.05) is 19.1 Å². The van der Waals surface area contributed by atoms with Gasteiger partial charge in [0.05, 0.1) is 5.69 Å². The van der Waals surface area contributed by atoms with Crippen LogP contribution in [0.15, 0.2) is 35.1 Å². The first-order valence-electron chi connectivity index (χ1n) is 6.89. The van der Waals surface area contributed by atoms with E-state index in [1.54, 1.807) is 6.07 Å². The van der Waals surface area contributed by atoms with Crippen LogP contribution in [0.2, 0.25) is 0 Å². The fourth-order valence-corrected chi connectivity index (χ4v) is 2.85. The molecule has 0 saturated carbocycles. The number of hydrogen-bond donors (Lipinski definition) is 1. The second-order valence-electron chi connectivity index (χ2n) is 5.14. The van der Waals surface area contributed by atoms with Gasteiger partial charge in [0.15, 0.2) is 11.6 Å². The van der Waals surface area contributed by atoms with E-state index in [4.69, 9.17) is 0 Å². The minimum atomic E-state index is -1.09. The summed E-state index contributed by atoms with van der Waals surface area (Å²) in [5.74, 6) is -2.12. The Morgan fingerprint density at radius 3 is 2.54 bits per heavy atom. The molecule has 2 aromatic carbocycles. The maximum absolute atomic E-state index is 14.4. The number of aryl methyl sites for hydroxylation is 2. The van der Waals surface area contributed by atoms with Crippen LogP contribution in [0.5, 0.6) is 0 Å². The SMILES string of the molecule is Cc1cc(I)ccc1Nc1c(-n2nnn(C)c2=O)ccc(F)c1F. The monoisotopic (exact) mass is 443 g/mol. The van der Waals surface area contributed by atoms with E-state index < -0.39 is 17.3 Å². The van der Waals surface area contributed by atoms with E-state index in [9.17, 15) is 13.6 Å². The predicted molar refractivity (Wildman–Crippen MR) is 93.7 cm³/mol. The average molecular weight is 443 g/mol. The number of nitrogens with zero attached hydrogens (tertiary/aromatic N) is 4. The first kappa shape index (κ1) is 16.6. The second-order valence-corrected chi connectivity index (χ2v) is 6.38. The lowest BCUT2D eigenvalue weighted by Crippen LogP contribution is -2.23. The summed E-state index contributed by atoms with van der Waals surface area (Å²) in [7, 11) is 1.42. The van der Waals surface area contributed by atoms with Gasteiger partial charge in [-0.15, -0.1) is 0 Å². The summed E-state index contributed by atoms with van der Waals surface area (Å²) in [5, 5.41) is 10.1. The molecule has 0 saturated heterocycles. The molecule has 1 heterocycles. The Morgan fingerprint density at radius 2 is 1.92 bits per heavy atom. The molecule has 0 aliphatic heterocycles. The zero-order valence-corrected chi connectivity index (χ0v) is 14.9. The van der Waals surface area contributed by atoms with Crippen molar-refractivity contribution in [2.75, 3.05) is 5.32 Å². The van der Waals surface area contributed by atoms with Gasteiger partial charge in [-0.3, -0.25) is 0 Å². The van der Waals surface area contributed by atoms with Gasteiger partial charge in [0.1, 0.15) is 5.69 Å². The van der Waals surface area contributed by atoms with E-state index in [0.29, 0.717) is 5.69 Å². The zero-order chi connectivity index (χ0) is 17.4. The maximum Gasteiger partial charge on any atom is 0.368 e. The first-order chi connectivity index (χ1) is 11.4. The molecule has 0 bridgehead atoms. The molecule has 0 radical (unpaired) electrons. The highest BCUT2D eigenvalue weighted by Gasteiger charge is 2.19. The van der Waals surface area contributed by atoms with Crippen LogP contribution in [-0.4, -0.2) is 19.8 Å². The molecule has 3 rings (SSSR count). The normalized spacial score (nSPS) is 10.9. The second kappa shape index (κ2) is 6.30. The van der Waals surface area contributed by atoms with Gasteiger partial charge in [-0.1, -0.05) is 0 Å². The lowest BCUT2D eigenvalue weighted by molar-refractivity contribution is 0.510. The minimum absolute atomic E-state index is 0.0740. The Kier molecular flexibility index (Phi) is 4.35. The van der Waals surface area contributed by atoms with Crippen molar-refractivity contribution in [3.63, 3.8) is 0 Å². The van der Waals surface area contributed by atoms with Crippen molar-refractivity contribution in [1.82, 2.24) is 19.8 Å². The number of benzene rings is 2. The molecule has 0 spiro atoms. The van der Waals surface area contributed by atoms with E-state index in [-0.39, 0.29) is 11.4 Å². The van der Waals surface area contributed by atoms with Gasteiger partial charge >= 0.3 is 5.69 Å². The van der Waals surface area contributed by atoms with Crippen molar-refractivity contribution in [1.29, 1.82) is 0 Å². The van der Waals surface area contributed by atoms with Gasteiger partial charge in [-0.05, 0) is 75.8 Å². The molecule has 1 N–H and O–H groups in total. The van der Waals surface area contributed by atoms with Crippen molar-refractivity contribution >= 4 is 34.0 Å². The molecule has 0 fully saturated rings. The Labute approximate surface area is 149 Å². The topological polar surface area (TPSA) is 64.7 Å². The third-order valence-corrected chi connectivity index (χ3v) is 4.14. The molecule has 24 heavy (non-hydrogen) atoms. The molecule has 3 aromatic rings. The van der Waals surface area contributed by atoms with Crippen LogP contribution < -0.4 is 11.0 Å². The molecular weight excluding hydrogens is 431 g/mol. The van der Waals surface area contributed by atoms with E-state index in [1.165, 1.54) is 13.1 Å². The molecule has 0 amide bonds. The maximum atomic E-state index is 14.4. The number of nitrogens with one attached hydrogen (secondary N) is 1. The minimum Gasteiger partial charge on any atom is -0.351 e. The third-order valence-electron chi connectivity index (χ3n) is 3.47. The number of tetrazole rings is 1. The predicted octanol–water partition coefficient (Wildman–Crippen LogP) is 2.90. The van der Waals surface area contributed by atoms with Crippen LogP contribution in [0.3, 0.4) is 0 Å². The van der Waals surface area contributed by atoms with Crippen LogP contribution in [0.25, 0.3) is 5.69 Å². The van der Waals surface area contributed by atoms with Crippen molar-refractivity contribution in [3.05, 3.63) is 61.6 Å². The van der Waals surface area contributed by atoms with Crippen LogP contribution in [0.1, 0.15) is 5.56 Å². The van der Waals surface area contributed by atoms with Gasteiger partial charge in [0, 0.05) is 16.3 Å². The van der Waals surface area contributed by atoms with Gasteiger partial charge in [0.2, 0.25) is 0 Å². The first-order valence-corrected chi connectivity index (χ1v) is 7.97. The third kappa shape index (κ3) is 2.90. The molecule has 0 aliphatic rings. The Bertz CT molecular complexity index is 982.